The largest absolute Gasteiger partial charge is 0.480 e. The van der Waals surface area contributed by atoms with Crippen LogP contribution >= 0.6 is 0 Å². The van der Waals surface area contributed by atoms with Crippen molar-refractivity contribution in [2.24, 2.45) is 5.92 Å². The third-order valence-corrected chi connectivity index (χ3v) is 6.76. The fourth-order valence-electron chi connectivity index (χ4n) is 4.60. The topological polar surface area (TPSA) is 110 Å². The Kier molecular flexibility index (Phi) is 6.09. The van der Waals surface area contributed by atoms with Gasteiger partial charge in [0, 0.05) is 40.8 Å². The van der Waals surface area contributed by atoms with E-state index in [4.69, 9.17) is 8.83 Å². The minimum Gasteiger partial charge on any atom is -0.480 e. The fraction of sp³-hybridized carbons (Fsp3) is 0.480. The van der Waals surface area contributed by atoms with E-state index in [1.807, 2.05) is 19.9 Å². The first-order valence-electron chi connectivity index (χ1n) is 11.3. The highest BCUT2D eigenvalue weighted by atomic mass is 16.4. The van der Waals surface area contributed by atoms with Gasteiger partial charge < -0.3 is 19.3 Å². The number of fused-ring (bicyclic) bond motifs is 4. The van der Waals surface area contributed by atoms with Crippen molar-refractivity contribution in [1.29, 1.82) is 0 Å². The zero-order valence-corrected chi connectivity index (χ0v) is 18.7. The Morgan fingerprint density at radius 2 is 1.84 bits per heavy atom. The van der Waals surface area contributed by atoms with E-state index in [0.717, 1.165) is 53.4 Å². The Morgan fingerprint density at radius 1 is 1.12 bits per heavy atom. The van der Waals surface area contributed by atoms with Crippen LogP contribution in [-0.4, -0.2) is 23.0 Å². The smallest absolute Gasteiger partial charge is 0.339 e. The summed E-state index contributed by atoms with van der Waals surface area (Å²) in [6, 6.07) is 2.88. The molecule has 7 heteroatoms. The van der Waals surface area contributed by atoms with E-state index < -0.39 is 23.5 Å². The maximum atomic E-state index is 12.7. The third kappa shape index (κ3) is 4.04. The Balaban J connectivity index is 1.61. The van der Waals surface area contributed by atoms with Gasteiger partial charge in [-0.05, 0) is 50.2 Å². The van der Waals surface area contributed by atoms with Gasteiger partial charge in [0.1, 0.15) is 23.0 Å². The SMILES string of the molecule is CCC(C)C(NC(=O)CCc1c(C)c2cc3c4c(oc3cc2oc1=O)CCCC4)C(=O)O. The average Bonchev–Trinajstić information content (AvgIpc) is 3.12. The zero-order valence-electron chi connectivity index (χ0n) is 18.7. The molecule has 2 unspecified atom stereocenters. The van der Waals surface area contributed by atoms with Gasteiger partial charge >= 0.3 is 11.6 Å². The quantitative estimate of drug-likeness (QED) is 0.532. The molecular weight excluding hydrogens is 410 g/mol. The van der Waals surface area contributed by atoms with E-state index >= 15 is 0 Å². The van der Waals surface area contributed by atoms with Crippen LogP contribution in [0, 0.1) is 12.8 Å². The molecule has 1 aliphatic carbocycles. The van der Waals surface area contributed by atoms with Crippen molar-refractivity contribution in [3.8, 4) is 0 Å². The maximum absolute atomic E-state index is 12.7. The molecule has 1 aliphatic rings. The lowest BCUT2D eigenvalue weighted by Gasteiger charge is -2.20. The maximum Gasteiger partial charge on any atom is 0.339 e. The highest BCUT2D eigenvalue weighted by Crippen LogP contribution is 2.35. The van der Waals surface area contributed by atoms with E-state index in [9.17, 15) is 19.5 Å². The second-order valence-electron chi connectivity index (χ2n) is 8.82. The van der Waals surface area contributed by atoms with Crippen LogP contribution in [0.15, 0.2) is 25.8 Å². The van der Waals surface area contributed by atoms with Crippen LogP contribution < -0.4 is 10.9 Å². The van der Waals surface area contributed by atoms with Crippen molar-refractivity contribution >= 4 is 33.8 Å². The summed E-state index contributed by atoms with van der Waals surface area (Å²) in [7, 11) is 0. The fourth-order valence-corrected chi connectivity index (χ4v) is 4.60. The lowest BCUT2D eigenvalue weighted by atomic mass is 9.94. The van der Waals surface area contributed by atoms with Crippen molar-refractivity contribution in [2.75, 3.05) is 0 Å². The molecule has 0 saturated carbocycles. The summed E-state index contributed by atoms with van der Waals surface area (Å²) >= 11 is 0. The minimum atomic E-state index is -1.05. The average molecular weight is 440 g/mol. The van der Waals surface area contributed by atoms with Crippen LogP contribution in [0.25, 0.3) is 21.9 Å². The van der Waals surface area contributed by atoms with Gasteiger partial charge in [-0.15, -0.1) is 0 Å². The molecule has 32 heavy (non-hydrogen) atoms. The molecule has 0 spiro atoms. The van der Waals surface area contributed by atoms with Gasteiger partial charge in [0.25, 0.3) is 0 Å². The van der Waals surface area contributed by atoms with Gasteiger partial charge in [-0.25, -0.2) is 9.59 Å². The Labute approximate surface area is 185 Å². The summed E-state index contributed by atoms with van der Waals surface area (Å²) in [4.78, 5) is 36.5. The molecule has 1 amide bonds. The second kappa shape index (κ2) is 8.81. The first kappa shape index (κ1) is 22.1. The van der Waals surface area contributed by atoms with Gasteiger partial charge in [-0.3, -0.25) is 4.79 Å². The first-order valence-corrected chi connectivity index (χ1v) is 11.3. The molecule has 0 bridgehead atoms. The summed E-state index contributed by atoms with van der Waals surface area (Å²) < 4.78 is 11.6. The number of aryl methyl sites for hydroxylation is 3. The van der Waals surface area contributed by atoms with Crippen LogP contribution in [-0.2, 0) is 28.9 Å². The molecule has 4 rings (SSSR count). The van der Waals surface area contributed by atoms with Crippen LogP contribution in [0.3, 0.4) is 0 Å². The monoisotopic (exact) mass is 439 g/mol. The number of carbonyl (C=O) groups is 2. The number of carboxylic acid groups (broad SMARTS) is 1. The number of carboxylic acids is 1. The number of carbonyl (C=O) groups excluding carboxylic acids is 1. The predicted octanol–water partition coefficient (Wildman–Crippen LogP) is 4.27. The summed E-state index contributed by atoms with van der Waals surface area (Å²) in [5, 5.41) is 13.9. The van der Waals surface area contributed by atoms with Gasteiger partial charge in [0.05, 0.1) is 0 Å². The second-order valence-corrected chi connectivity index (χ2v) is 8.82. The third-order valence-electron chi connectivity index (χ3n) is 6.76. The highest BCUT2D eigenvalue weighted by Gasteiger charge is 2.26. The molecule has 2 heterocycles. The van der Waals surface area contributed by atoms with E-state index in [1.54, 1.807) is 13.0 Å². The van der Waals surface area contributed by atoms with Crippen molar-refractivity contribution < 1.29 is 23.5 Å². The molecule has 7 nitrogen and oxygen atoms in total. The predicted molar refractivity (Wildman–Crippen MR) is 121 cm³/mol. The lowest BCUT2D eigenvalue weighted by molar-refractivity contribution is -0.143. The van der Waals surface area contributed by atoms with Crippen molar-refractivity contribution in [3.63, 3.8) is 0 Å². The number of benzene rings is 1. The summed E-state index contributed by atoms with van der Waals surface area (Å²) in [6.07, 6.45) is 5.00. The van der Waals surface area contributed by atoms with Gasteiger partial charge in [-0.2, -0.15) is 0 Å². The molecule has 2 atom stereocenters. The zero-order chi connectivity index (χ0) is 23.0. The molecule has 0 fully saturated rings. The molecular formula is C25H29NO6. The van der Waals surface area contributed by atoms with Crippen molar-refractivity contribution in [3.05, 3.63) is 45.0 Å². The van der Waals surface area contributed by atoms with Crippen LogP contribution in [0.2, 0.25) is 0 Å². The summed E-state index contributed by atoms with van der Waals surface area (Å²) in [5.74, 6) is -0.613. The highest BCUT2D eigenvalue weighted by molar-refractivity contribution is 5.97. The van der Waals surface area contributed by atoms with Crippen molar-refractivity contribution in [1.82, 2.24) is 5.32 Å². The van der Waals surface area contributed by atoms with Gasteiger partial charge in [0.15, 0.2) is 0 Å². The molecule has 170 valence electrons. The Hall–Kier alpha value is -3.09. The van der Waals surface area contributed by atoms with E-state index in [0.29, 0.717) is 17.6 Å². The molecule has 0 saturated heterocycles. The number of rotatable bonds is 7. The summed E-state index contributed by atoms with van der Waals surface area (Å²) in [5.41, 5.74) is 3.21. The van der Waals surface area contributed by atoms with Crippen LogP contribution in [0.4, 0.5) is 0 Å². The van der Waals surface area contributed by atoms with Crippen molar-refractivity contribution in [2.45, 2.75) is 71.8 Å². The van der Waals surface area contributed by atoms with E-state index in [2.05, 4.69) is 5.32 Å². The normalized spacial score (nSPS) is 15.5. The van der Waals surface area contributed by atoms with E-state index in [-0.39, 0.29) is 18.8 Å². The molecule has 2 aromatic heterocycles. The number of hydrogen-bond acceptors (Lipinski definition) is 5. The minimum absolute atomic E-state index is 0.0146. The van der Waals surface area contributed by atoms with Crippen LogP contribution in [0.1, 0.15) is 62.0 Å². The Morgan fingerprint density at radius 3 is 2.56 bits per heavy atom. The number of nitrogens with one attached hydrogen (secondary N) is 1. The molecule has 3 aromatic rings. The number of amides is 1. The number of furan rings is 1. The lowest BCUT2D eigenvalue weighted by Crippen LogP contribution is -2.45. The molecule has 0 aliphatic heterocycles. The molecule has 1 aromatic carbocycles. The van der Waals surface area contributed by atoms with Gasteiger partial charge in [-0.1, -0.05) is 20.3 Å². The Bertz CT molecular complexity index is 1250. The summed E-state index contributed by atoms with van der Waals surface area (Å²) in [6.45, 7) is 5.53. The van der Waals surface area contributed by atoms with E-state index in [1.165, 1.54) is 5.56 Å². The first-order chi connectivity index (χ1) is 15.3. The van der Waals surface area contributed by atoms with Gasteiger partial charge in [0.2, 0.25) is 5.91 Å². The molecule has 0 radical (unpaired) electrons. The number of hydrogen-bond donors (Lipinski definition) is 2. The molecule has 2 N–H and O–H groups in total. The number of aliphatic carboxylic acids is 1. The van der Waals surface area contributed by atoms with Crippen LogP contribution in [0.5, 0.6) is 0 Å². The standard InChI is InChI=1S/C25H29NO6/c1-4-13(2)23(24(28)29)26-22(27)10-9-15-14(3)17-11-18-16-7-5-6-8-19(16)31-21(18)12-20(17)32-25(15)30/h11-13,23H,4-10H2,1-3H3,(H,26,27)(H,28,29).